The fourth-order valence-corrected chi connectivity index (χ4v) is 2.44. The van der Waals surface area contributed by atoms with Gasteiger partial charge in [-0.05, 0) is 19.1 Å². The van der Waals surface area contributed by atoms with Gasteiger partial charge in [-0.1, -0.05) is 6.08 Å². The minimum Gasteiger partial charge on any atom is -0.267 e. The molecule has 86 valence electrons. The highest BCUT2D eigenvalue weighted by Crippen LogP contribution is 2.24. The quantitative estimate of drug-likeness (QED) is 0.777. The number of hydrazone groups is 1. The average Bonchev–Trinajstić information content (AvgIpc) is 2.64. The van der Waals surface area contributed by atoms with Crippen molar-refractivity contribution in [1.82, 2.24) is 5.01 Å². The fraction of sp³-hybridized carbons (Fsp3) is 0.364. The topological polar surface area (TPSA) is 15.6 Å². The Hall–Kier alpha value is -1.23. The van der Waals surface area contributed by atoms with Crippen LogP contribution in [-0.2, 0) is 0 Å². The number of nitrogens with zero attached hydrogens (tertiary/aromatic N) is 2. The van der Waals surface area contributed by atoms with Crippen molar-refractivity contribution < 1.29 is 8.78 Å². The third kappa shape index (κ3) is 2.14. The first-order chi connectivity index (χ1) is 7.58. The number of alkyl halides is 2. The second-order valence-corrected chi connectivity index (χ2v) is 4.90. The van der Waals surface area contributed by atoms with Gasteiger partial charge in [0, 0.05) is 18.3 Å². The molecule has 0 aromatic carbocycles. The highest BCUT2D eigenvalue weighted by atomic mass is 32.1. The fourth-order valence-electron chi connectivity index (χ4n) is 1.58. The van der Waals surface area contributed by atoms with Gasteiger partial charge in [-0.25, -0.2) is 8.78 Å². The zero-order valence-corrected chi connectivity index (χ0v) is 9.89. The Labute approximate surface area is 96.9 Å². The molecular weight excluding hydrogens is 230 g/mol. The van der Waals surface area contributed by atoms with Crippen LogP contribution in [0.2, 0.25) is 0 Å². The standard InChI is InChI=1S/C11H12F2N2S/c1-7-3-6-10(16-7)8-4-5-9(11(12)13)15(2)14-8/h3,5-6,11H,4H2,1-2H3. The maximum absolute atomic E-state index is 12.5. The Kier molecular flexibility index (Phi) is 3.05. The molecule has 16 heavy (non-hydrogen) atoms. The van der Waals surface area contributed by atoms with E-state index in [2.05, 4.69) is 5.10 Å². The van der Waals surface area contributed by atoms with E-state index < -0.39 is 6.43 Å². The van der Waals surface area contributed by atoms with Crippen LogP contribution in [0.5, 0.6) is 0 Å². The van der Waals surface area contributed by atoms with Crippen molar-refractivity contribution in [3.8, 4) is 0 Å². The summed E-state index contributed by atoms with van der Waals surface area (Å²) >= 11 is 1.63. The van der Waals surface area contributed by atoms with Crippen molar-refractivity contribution in [3.63, 3.8) is 0 Å². The van der Waals surface area contributed by atoms with Crippen LogP contribution in [0, 0.1) is 6.92 Å². The minimum absolute atomic E-state index is 0.0166. The molecule has 1 aliphatic rings. The van der Waals surface area contributed by atoms with Gasteiger partial charge in [0.25, 0.3) is 6.43 Å². The molecule has 0 saturated heterocycles. The molecule has 0 aliphatic carbocycles. The number of halogens is 2. The van der Waals surface area contributed by atoms with Gasteiger partial charge in [0.2, 0.25) is 0 Å². The van der Waals surface area contributed by atoms with Gasteiger partial charge in [-0.3, -0.25) is 5.01 Å². The molecule has 0 N–H and O–H groups in total. The lowest BCUT2D eigenvalue weighted by Gasteiger charge is -2.22. The van der Waals surface area contributed by atoms with Crippen LogP contribution >= 0.6 is 11.3 Å². The molecule has 0 spiro atoms. The molecule has 2 nitrogen and oxygen atoms in total. The SMILES string of the molecule is Cc1ccc(C2=NN(C)C(C(F)F)=CC2)s1. The molecule has 2 heterocycles. The van der Waals surface area contributed by atoms with Crippen LogP contribution < -0.4 is 0 Å². The average molecular weight is 242 g/mol. The van der Waals surface area contributed by atoms with E-state index in [4.69, 9.17) is 0 Å². The van der Waals surface area contributed by atoms with E-state index in [0.717, 1.165) is 10.6 Å². The summed E-state index contributed by atoms with van der Waals surface area (Å²) in [5.41, 5.74) is 0.835. The van der Waals surface area contributed by atoms with Crippen LogP contribution in [0.3, 0.4) is 0 Å². The van der Waals surface area contributed by atoms with E-state index in [0.29, 0.717) is 6.42 Å². The number of hydrogen-bond donors (Lipinski definition) is 0. The highest BCUT2D eigenvalue weighted by Gasteiger charge is 2.20. The van der Waals surface area contributed by atoms with Crippen molar-refractivity contribution in [2.75, 3.05) is 7.05 Å². The van der Waals surface area contributed by atoms with Crippen LogP contribution in [0.25, 0.3) is 0 Å². The first-order valence-electron chi connectivity index (χ1n) is 4.94. The third-order valence-electron chi connectivity index (χ3n) is 2.40. The summed E-state index contributed by atoms with van der Waals surface area (Å²) in [7, 11) is 1.55. The predicted octanol–water partition coefficient (Wildman–Crippen LogP) is 3.25. The van der Waals surface area contributed by atoms with E-state index in [1.807, 2.05) is 19.1 Å². The number of allylic oxidation sites excluding steroid dienone is 2. The number of rotatable bonds is 2. The van der Waals surface area contributed by atoms with E-state index in [9.17, 15) is 8.78 Å². The zero-order valence-electron chi connectivity index (χ0n) is 9.08. The first kappa shape index (κ1) is 11.3. The molecule has 0 atom stereocenters. The van der Waals surface area contributed by atoms with Crippen molar-refractivity contribution in [2.24, 2.45) is 5.10 Å². The molecule has 0 amide bonds. The van der Waals surface area contributed by atoms with Gasteiger partial charge < -0.3 is 0 Å². The van der Waals surface area contributed by atoms with E-state index in [1.165, 1.54) is 9.89 Å². The minimum atomic E-state index is -2.46. The van der Waals surface area contributed by atoms with E-state index in [1.54, 1.807) is 24.5 Å². The monoisotopic (exact) mass is 242 g/mol. The number of hydrogen-bond acceptors (Lipinski definition) is 3. The maximum Gasteiger partial charge on any atom is 0.279 e. The van der Waals surface area contributed by atoms with Gasteiger partial charge in [-0.15, -0.1) is 11.3 Å². The van der Waals surface area contributed by atoms with Crippen molar-refractivity contribution in [3.05, 3.63) is 33.7 Å². The molecule has 0 radical (unpaired) electrons. The predicted molar refractivity (Wildman–Crippen MR) is 62.1 cm³/mol. The number of thiophene rings is 1. The summed E-state index contributed by atoms with van der Waals surface area (Å²) in [6, 6.07) is 3.99. The zero-order chi connectivity index (χ0) is 11.7. The van der Waals surface area contributed by atoms with Gasteiger partial charge in [0.05, 0.1) is 16.3 Å². The van der Waals surface area contributed by atoms with E-state index in [-0.39, 0.29) is 5.70 Å². The Morgan fingerprint density at radius 3 is 2.69 bits per heavy atom. The number of aryl methyl sites for hydroxylation is 1. The van der Waals surface area contributed by atoms with Crippen LogP contribution in [0.4, 0.5) is 8.78 Å². The van der Waals surface area contributed by atoms with E-state index >= 15 is 0 Å². The van der Waals surface area contributed by atoms with Crippen LogP contribution in [-0.4, -0.2) is 24.2 Å². The Balaban J connectivity index is 2.20. The Bertz CT molecular complexity index is 449. The molecule has 5 heteroatoms. The summed E-state index contributed by atoms with van der Waals surface area (Å²) in [6.07, 6.45) is -0.438. The smallest absolute Gasteiger partial charge is 0.267 e. The van der Waals surface area contributed by atoms with Crippen molar-refractivity contribution >= 4 is 17.0 Å². The van der Waals surface area contributed by atoms with Crippen LogP contribution in [0.15, 0.2) is 29.0 Å². The third-order valence-corrected chi connectivity index (χ3v) is 3.45. The second-order valence-electron chi connectivity index (χ2n) is 3.61. The molecule has 2 rings (SSSR count). The molecular formula is C11H12F2N2S. The Morgan fingerprint density at radius 2 is 2.19 bits per heavy atom. The Morgan fingerprint density at radius 1 is 1.44 bits per heavy atom. The van der Waals surface area contributed by atoms with Gasteiger partial charge >= 0.3 is 0 Å². The van der Waals surface area contributed by atoms with Gasteiger partial charge in [-0.2, -0.15) is 5.10 Å². The molecule has 1 aromatic rings. The lowest BCUT2D eigenvalue weighted by atomic mass is 10.2. The summed E-state index contributed by atoms with van der Waals surface area (Å²) in [5.74, 6) is 0. The summed E-state index contributed by atoms with van der Waals surface area (Å²) in [4.78, 5) is 2.25. The van der Waals surface area contributed by atoms with Gasteiger partial charge in [0.15, 0.2) is 0 Å². The van der Waals surface area contributed by atoms with Crippen molar-refractivity contribution in [1.29, 1.82) is 0 Å². The molecule has 0 bridgehead atoms. The molecule has 0 saturated carbocycles. The lowest BCUT2D eigenvalue weighted by molar-refractivity contribution is 0.148. The lowest BCUT2D eigenvalue weighted by Crippen LogP contribution is -2.23. The second kappa shape index (κ2) is 4.33. The summed E-state index contributed by atoms with van der Waals surface area (Å²) in [6.45, 7) is 2.02. The van der Waals surface area contributed by atoms with Gasteiger partial charge in [0.1, 0.15) is 0 Å². The molecule has 1 aromatic heterocycles. The normalized spacial score (nSPS) is 16.4. The van der Waals surface area contributed by atoms with Crippen molar-refractivity contribution in [2.45, 2.75) is 19.8 Å². The largest absolute Gasteiger partial charge is 0.279 e. The maximum atomic E-state index is 12.5. The van der Waals surface area contributed by atoms with Crippen LogP contribution in [0.1, 0.15) is 16.2 Å². The molecule has 0 fully saturated rings. The summed E-state index contributed by atoms with van der Waals surface area (Å²) in [5, 5.41) is 5.44. The summed E-state index contributed by atoms with van der Waals surface area (Å²) < 4.78 is 25.1. The molecule has 1 aliphatic heterocycles. The first-order valence-corrected chi connectivity index (χ1v) is 5.76. The molecule has 0 unspecified atom stereocenters. The highest BCUT2D eigenvalue weighted by molar-refractivity contribution is 7.14.